The Morgan fingerprint density at radius 3 is 2.80 bits per heavy atom. The van der Waals surface area contributed by atoms with E-state index in [9.17, 15) is 4.79 Å². The first-order valence-corrected chi connectivity index (χ1v) is 11.5. The summed E-state index contributed by atoms with van der Waals surface area (Å²) in [6, 6.07) is 11.0. The van der Waals surface area contributed by atoms with Crippen LogP contribution in [0.2, 0.25) is 10.0 Å². The van der Waals surface area contributed by atoms with Gasteiger partial charge in [-0.3, -0.25) is 14.6 Å². The molecule has 158 valence electrons. The summed E-state index contributed by atoms with van der Waals surface area (Å²) in [6.45, 7) is 6.86. The Morgan fingerprint density at radius 1 is 1.23 bits per heavy atom. The normalized spacial score (nSPS) is 14.9. The maximum Gasteiger partial charge on any atom is 0.261 e. The lowest BCUT2D eigenvalue weighted by Gasteiger charge is -2.27. The highest BCUT2D eigenvalue weighted by molar-refractivity contribution is 7.22. The average Bonchev–Trinajstić information content (AvgIpc) is 3.18. The van der Waals surface area contributed by atoms with E-state index in [0.29, 0.717) is 27.3 Å². The molecule has 1 fully saturated rings. The number of aryl methyl sites for hydroxylation is 1. The Morgan fingerprint density at radius 2 is 2.03 bits per heavy atom. The van der Waals surface area contributed by atoms with Gasteiger partial charge in [0, 0.05) is 31.2 Å². The Kier molecular flexibility index (Phi) is 6.91. The third-order valence-corrected chi connectivity index (χ3v) is 6.81. The molecule has 0 bridgehead atoms. The quantitative estimate of drug-likeness (QED) is 0.498. The lowest BCUT2D eigenvalue weighted by Crippen LogP contribution is -2.39. The van der Waals surface area contributed by atoms with Crippen LogP contribution in [-0.2, 0) is 4.74 Å². The third kappa shape index (κ3) is 4.79. The van der Waals surface area contributed by atoms with E-state index in [1.165, 1.54) is 11.3 Å². The SMILES string of the molecule is Cc1cccc2sc(N(CCCN3CCOCC3)C(=O)c3cc(Cl)ccc3Cl)nc12. The molecule has 0 atom stereocenters. The lowest BCUT2D eigenvalue weighted by atomic mass is 10.2. The number of halogens is 2. The molecule has 0 saturated carbocycles. The summed E-state index contributed by atoms with van der Waals surface area (Å²) in [5.41, 5.74) is 2.42. The Hall–Kier alpha value is -1.70. The number of benzene rings is 2. The maximum atomic E-state index is 13.5. The molecule has 0 unspecified atom stereocenters. The van der Waals surface area contributed by atoms with E-state index < -0.39 is 0 Å². The van der Waals surface area contributed by atoms with E-state index >= 15 is 0 Å². The summed E-state index contributed by atoms with van der Waals surface area (Å²) in [4.78, 5) is 22.4. The second-order valence-corrected chi connectivity index (χ2v) is 9.16. The Labute approximate surface area is 190 Å². The first-order valence-electron chi connectivity index (χ1n) is 9.96. The fraction of sp³-hybridized carbons (Fsp3) is 0.364. The van der Waals surface area contributed by atoms with Crippen molar-refractivity contribution in [1.29, 1.82) is 0 Å². The zero-order valence-corrected chi connectivity index (χ0v) is 19.1. The van der Waals surface area contributed by atoms with E-state index in [1.54, 1.807) is 23.1 Å². The molecule has 3 aromatic rings. The van der Waals surface area contributed by atoms with Gasteiger partial charge in [0.25, 0.3) is 5.91 Å². The number of thiazole rings is 1. The molecule has 1 aliphatic heterocycles. The van der Waals surface area contributed by atoms with Gasteiger partial charge in [0.05, 0.1) is 34.0 Å². The van der Waals surface area contributed by atoms with Gasteiger partial charge in [-0.25, -0.2) is 4.98 Å². The minimum absolute atomic E-state index is 0.179. The molecule has 2 heterocycles. The van der Waals surface area contributed by atoms with Crippen LogP contribution in [0.5, 0.6) is 0 Å². The summed E-state index contributed by atoms with van der Waals surface area (Å²) in [5.74, 6) is -0.179. The number of rotatable bonds is 6. The van der Waals surface area contributed by atoms with Crippen molar-refractivity contribution >= 4 is 55.8 Å². The highest BCUT2D eigenvalue weighted by Gasteiger charge is 2.24. The number of anilines is 1. The van der Waals surface area contributed by atoms with Gasteiger partial charge in [-0.15, -0.1) is 0 Å². The average molecular weight is 464 g/mol. The van der Waals surface area contributed by atoms with Gasteiger partial charge in [0.15, 0.2) is 5.13 Å². The molecule has 1 aliphatic rings. The van der Waals surface area contributed by atoms with Crippen LogP contribution < -0.4 is 4.90 Å². The van der Waals surface area contributed by atoms with E-state index in [0.717, 1.165) is 55.0 Å². The minimum atomic E-state index is -0.179. The van der Waals surface area contributed by atoms with Crippen LogP contribution in [-0.4, -0.2) is 55.2 Å². The summed E-state index contributed by atoms with van der Waals surface area (Å²) in [6.07, 6.45) is 0.832. The van der Waals surface area contributed by atoms with Gasteiger partial charge in [-0.1, -0.05) is 46.7 Å². The number of ether oxygens (including phenoxy) is 1. The van der Waals surface area contributed by atoms with E-state index in [2.05, 4.69) is 4.90 Å². The van der Waals surface area contributed by atoms with Crippen molar-refractivity contribution in [2.45, 2.75) is 13.3 Å². The van der Waals surface area contributed by atoms with Gasteiger partial charge in [-0.2, -0.15) is 0 Å². The van der Waals surface area contributed by atoms with Crippen LogP contribution >= 0.6 is 34.5 Å². The fourth-order valence-corrected chi connectivity index (χ4v) is 5.00. The molecule has 8 heteroatoms. The van der Waals surface area contributed by atoms with Crippen molar-refractivity contribution < 1.29 is 9.53 Å². The maximum absolute atomic E-state index is 13.5. The largest absolute Gasteiger partial charge is 0.379 e. The van der Waals surface area contributed by atoms with E-state index in [4.69, 9.17) is 32.9 Å². The highest BCUT2D eigenvalue weighted by atomic mass is 35.5. The number of hydrogen-bond donors (Lipinski definition) is 0. The second-order valence-electron chi connectivity index (χ2n) is 7.31. The van der Waals surface area contributed by atoms with Crippen LogP contribution in [0.15, 0.2) is 36.4 Å². The molecule has 1 saturated heterocycles. The third-order valence-electron chi connectivity index (χ3n) is 5.20. The molecule has 2 aromatic carbocycles. The molecule has 0 aliphatic carbocycles. The summed E-state index contributed by atoms with van der Waals surface area (Å²) < 4.78 is 6.48. The van der Waals surface area contributed by atoms with Crippen molar-refractivity contribution in [2.75, 3.05) is 44.3 Å². The van der Waals surface area contributed by atoms with Crippen molar-refractivity contribution in [3.05, 3.63) is 57.6 Å². The van der Waals surface area contributed by atoms with Crippen molar-refractivity contribution in [3.8, 4) is 0 Å². The number of carbonyl (C=O) groups excluding carboxylic acids is 1. The second kappa shape index (κ2) is 9.62. The van der Waals surface area contributed by atoms with Crippen molar-refractivity contribution in [1.82, 2.24) is 9.88 Å². The molecule has 30 heavy (non-hydrogen) atoms. The number of hydrogen-bond acceptors (Lipinski definition) is 5. The predicted molar refractivity (Wildman–Crippen MR) is 124 cm³/mol. The standard InChI is InChI=1S/C22H23Cl2N3O2S/c1-15-4-2-5-19-20(15)25-22(30-19)27(9-3-8-26-10-12-29-13-11-26)21(28)17-14-16(23)6-7-18(17)24/h2,4-7,14H,3,8-13H2,1H3. The summed E-state index contributed by atoms with van der Waals surface area (Å²) in [5, 5.41) is 1.55. The Bertz CT molecular complexity index is 1050. The molecule has 1 amide bonds. The van der Waals surface area contributed by atoms with Gasteiger partial charge in [0.2, 0.25) is 0 Å². The molecular weight excluding hydrogens is 441 g/mol. The first-order chi connectivity index (χ1) is 14.5. The Balaban J connectivity index is 1.62. The summed E-state index contributed by atoms with van der Waals surface area (Å²) >= 11 is 14.0. The number of carbonyl (C=O) groups is 1. The van der Waals surface area contributed by atoms with E-state index in [1.807, 2.05) is 25.1 Å². The predicted octanol–water partition coefficient (Wildman–Crippen LogP) is 5.28. The van der Waals surface area contributed by atoms with Crippen molar-refractivity contribution in [3.63, 3.8) is 0 Å². The van der Waals surface area contributed by atoms with Gasteiger partial charge < -0.3 is 4.74 Å². The topological polar surface area (TPSA) is 45.7 Å². The first kappa shape index (κ1) is 21.5. The number of amides is 1. The highest BCUT2D eigenvalue weighted by Crippen LogP contribution is 2.32. The lowest BCUT2D eigenvalue weighted by molar-refractivity contribution is 0.0376. The monoisotopic (exact) mass is 463 g/mol. The molecule has 4 rings (SSSR count). The molecule has 5 nitrogen and oxygen atoms in total. The molecule has 0 spiro atoms. The smallest absolute Gasteiger partial charge is 0.261 e. The van der Waals surface area contributed by atoms with Gasteiger partial charge in [-0.05, 0) is 43.2 Å². The van der Waals surface area contributed by atoms with Crippen LogP contribution in [0.4, 0.5) is 5.13 Å². The van der Waals surface area contributed by atoms with Crippen molar-refractivity contribution in [2.24, 2.45) is 0 Å². The molecular formula is C22H23Cl2N3O2S. The van der Waals surface area contributed by atoms with E-state index in [-0.39, 0.29) is 5.91 Å². The molecule has 1 aromatic heterocycles. The molecule has 0 N–H and O–H groups in total. The zero-order valence-electron chi connectivity index (χ0n) is 16.7. The minimum Gasteiger partial charge on any atom is -0.379 e. The number of para-hydroxylation sites is 1. The number of morpholine rings is 1. The summed E-state index contributed by atoms with van der Waals surface area (Å²) in [7, 11) is 0. The number of aromatic nitrogens is 1. The molecule has 0 radical (unpaired) electrons. The van der Waals surface area contributed by atoms with Crippen LogP contribution in [0.1, 0.15) is 22.3 Å². The zero-order chi connectivity index (χ0) is 21.1. The van der Waals surface area contributed by atoms with Gasteiger partial charge in [0.1, 0.15) is 0 Å². The van der Waals surface area contributed by atoms with Crippen LogP contribution in [0.3, 0.4) is 0 Å². The van der Waals surface area contributed by atoms with Crippen LogP contribution in [0, 0.1) is 6.92 Å². The fourth-order valence-electron chi connectivity index (χ4n) is 3.56. The van der Waals surface area contributed by atoms with Gasteiger partial charge >= 0.3 is 0 Å². The number of fused-ring (bicyclic) bond motifs is 1. The number of nitrogens with zero attached hydrogens (tertiary/aromatic N) is 3. The van der Waals surface area contributed by atoms with Crippen LogP contribution in [0.25, 0.3) is 10.2 Å².